The van der Waals surface area contributed by atoms with Gasteiger partial charge >= 0.3 is 0 Å². The topological polar surface area (TPSA) is 92.8 Å². The number of nitrogens with two attached hydrogens (primary N) is 1. The number of benzene rings is 1. The molecule has 0 bridgehead atoms. The van der Waals surface area contributed by atoms with Crippen molar-refractivity contribution in [1.82, 2.24) is 0 Å². The second kappa shape index (κ2) is 7.11. The van der Waals surface area contributed by atoms with E-state index >= 15 is 0 Å². The van der Waals surface area contributed by atoms with E-state index < -0.39 is 6.10 Å². The number of ketones is 1. The van der Waals surface area contributed by atoms with Gasteiger partial charge in [0, 0.05) is 0 Å². The molecule has 0 saturated carbocycles. The van der Waals surface area contributed by atoms with E-state index in [4.69, 9.17) is 10.5 Å². The summed E-state index contributed by atoms with van der Waals surface area (Å²) in [7, 11) is 0. The molecular formula is C14H21NO4. The molecule has 5 heteroatoms. The van der Waals surface area contributed by atoms with Gasteiger partial charge in [0.25, 0.3) is 0 Å². The van der Waals surface area contributed by atoms with Crippen molar-refractivity contribution in [2.75, 3.05) is 13.2 Å². The number of hydrogen-bond acceptors (Lipinski definition) is 5. The number of aryl methyl sites for hydroxylation is 1. The molecule has 1 aromatic rings. The molecule has 0 amide bonds. The summed E-state index contributed by atoms with van der Waals surface area (Å²) in [6.07, 6.45) is 0.878. The van der Waals surface area contributed by atoms with E-state index in [2.05, 4.69) is 0 Å². The van der Waals surface area contributed by atoms with Crippen LogP contribution < -0.4 is 10.5 Å². The standard InChI is InChI=1S/C14H21NO4/c1-3-4-10-5-6-12(19-8-9(2)16)13(14(10)18)11(17)7-15/h5-6,9,16,18H,3-4,7-8,15H2,1-2H3. The van der Waals surface area contributed by atoms with Gasteiger partial charge in [0.15, 0.2) is 5.78 Å². The number of phenols is 1. The molecule has 0 heterocycles. The Morgan fingerprint density at radius 3 is 2.68 bits per heavy atom. The molecule has 0 spiro atoms. The number of aliphatic hydroxyl groups excluding tert-OH is 1. The summed E-state index contributed by atoms with van der Waals surface area (Å²) in [6.45, 7) is 3.42. The lowest BCUT2D eigenvalue weighted by molar-refractivity contribution is 0.0980. The number of hydrogen-bond donors (Lipinski definition) is 3. The molecule has 19 heavy (non-hydrogen) atoms. The lowest BCUT2D eigenvalue weighted by atomic mass is 10.0. The van der Waals surface area contributed by atoms with Gasteiger partial charge in [0.1, 0.15) is 23.7 Å². The zero-order chi connectivity index (χ0) is 14.4. The highest BCUT2D eigenvalue weighted by atomic mass is 16.5. The van der Waals surface area contributed by atoms with Crippen LogP contribution in [0.25, 0.3) is 0 Å². The molecule has 0 saturated heterocycles. The average molecular weight is 267 g/mol. The summed E-state index contributed by atoms with van der Waals surface area (Å²) in [4.78, 5) is 11.8. The van der Waals surface area contributed by atoms with Gasteiger partial charge < -0.3 is 20.7 Å². The van der Waals surface area contributed by atoms with E-state index in [1.165, 1.54) is 0 Å². The van der Waals surface area contributed by atoms with Crippen LogP contribution in [0.3, 0.4) is 0 Å². The van der Waals surface area contributed by atoms with Crippen molar-refractivity contribution in [2.45, 2.75) is 32.8 Å². The number of Topliss-reactive ketones (excluding diaryl/α,β-unsaturated/α-hetero) is 1. The van der Waals surface area contributed by atoms with E-state index in [1.54, 1.807) is 19.1 Å². The summed E-state index contributed by atoms with van der Waals surface area (Å²) in [6, 6.07) is 3.36. The Labute approximate surface area is 113 Å². The van der Waals surface area contributed by atoms with Crippen molar-refractivity contribution in [1.29, 1.82) is 0 Å². The lowest BCUT2D eigenvalue weighted by Gasteiger charge is -2.15. The number of rotatable bonds is 7. The molecule has 106 valence electrons. The van der Waals surface area contributed by atoms with E-state index in [0.717, 1.165) is 6.42 Å². The predicted molar refractivity (Wildman–Crippen MR) is 72.7 cm³/mol. The maximum atomic E-state index is 11.8. The SMILES string of the molecule is CCCc1ccc(OCC(C)O)c(C(=O)CN)c1O. The molecule has 1 unspecified atom stereocenters. The fourth-order valence-corrected chi connectivity index (χ4v) is 1.79. The van der Waals surface area contributed by atoms with Crippen LogP contribution in [-0.4, -0.2) is 35.3 Å². The number of ether oxygens (including phenoxy) is 1. The molecular weight excluding hydrogens is 246 g/mol. The first kappa shape index (κ1) is 15.5. The van der Waals surface area contributed by atoms with Crippen LogP contribution in [-0.2, 0) is 6.42 Å². The van der Waals surface area contributed by atoms with Crippen LogP contribution >= 0.6 is 0 Å². The number of aliphatic hydroxyl groups is 1. The van der Waals surface area contributed by atoms with Gasteiger partial charge in [-0.05, 0) is 25.0 Å². The van der Waals surface area contributed by atoms with Gasteiger partial charge in [-0.1, -0.05) is 19.4 Å². The predicted octanol–water partition coefficient (Wildman–Crippen LogP) is 1.25. The Balaban J connectivity index is 3.15. The Morgan fingerprint density at radius 1 is 1.47 bits per heavy atom. The van der Waals surface area contributed by atoms with Crippen molar-refractivity contribution >= 4 is 5.78 Å². The van der Waals surface area contributed by atoms with Gasteiger partial charge in [-0.2, -0.15) is 0 Å². The number of carbonyl (C=O) groups excluding carboxylic acids is 1. The molecule has 0 radical (unpaired) electrons. The summed E-state index contributed by atoms with van der Waals surface area (Å²) in [5.41, 5.74) is 6.16. The third-order valence-electron chi connectivity index (χ3n) is 2.69. The van der Waals surface area contributed by atoms with Crippen LogP contribution in [0.4, 0.5) is 0 Å². The van der Waals surface area contributed by atoms with Crippen LogP contribution in [0.2, 0.25) is 0 Å². The van der Waals surface area contributed by atoms with E-state index in [9.17, 15) is 15.0 Å². The van der Waals surface area contributed by atoms with Crippen molar-refractivity contribution in [2.24, 2.45) is 5.73 Å². The van der Waals surface area contributed by atoms with Gasteiger partial charge in [-0.15, -0.1) is 0 Å². The normalized spacial score (nSPS) is 12.2. The van der Waals surface area contributed by atoms with Crippen LogP contribution in [0.15, 0.2) is 12.1 Å². The molecule has 0 aliphatic heterocycles. The largest absolute Gasteiger partial charge is 0.507 e. The Bertz CT molecular complexity index is 443. The van der Waals surface area contributed by atoms with E-state index in [1.807, 2.05) is 6.92 Å². The van der Waals surface area contributed by atoms with E-state index in [0.29, 0.717) is 12.0 Å². The van der Waals surface area contributed by atoms with Crippen molar-refractivity contribution < 1.29 is 19.7 Å². The molecule has 0 fully saturated rings. The Morgan fingerprint density at radius 2 is 2.16 bits per heavy atom. The summed E-state index contributed by atoms with van der Waals surface area (Å²) < 4.78 is 5.35. The fourth-order valence-electron chi connectivity index (χ4n) is 1.79. The zero-order valence-electron chi connectivity index (χ0n) is 11.3. The molecule has 4 N–H and O–H groups in total. The van der Waals surface area contributed by atoms with Crippen molar-refractivity contribution in [3.05, 3.63) is 23.3 Å². The van der Waals surface area contributed by atoms with Crippen molar-refractivity contribution in [3.8, 4) is 11.5 Å². The smallest absolute Gasteiger partial charge is 0.183 e. The molecule has 5 nitrogen and oxygen atoms in total. The van der Waals surface area contributed by atoms with Crippen LogP contribution in [0.1, 0.15) is 36.2 Å². The Kier molecular flexibility index (Phi) is 5.79. The molecule has 0 aliphatic rings. The number of phenolic OH excluding ortho intramolecular Hbond substituents is 1. The first-order valence-corrected chi connectivity index (χ1v) is 6.40. The molecule has 0 aliphatic carbocycles. The lowest BCUT2D eigenvalue weighted by Crippen LogP contribution is -2.18. The maximum Gasteiger partial charge on any atom is 0.183 e. The minimum atomic E-state index is -0.654. The first-order chi connectivity index (χ1) is 9.01. The third kappa shape index (κ3) is 3.94. The van der Waals surface area contributed by atoms with Gasteiger partial charge in [-0.3, -0.25) is 4.79 Å². The molecule has 1 aromatic carbocycles. The van der Waals surface area contributed by atoms with Crippen LogP contribution in [0, 0.1) is 0 Å². The molecule has 1 rings (SSSR count). The van der Waals surface area contributed by atoms with Gasteiger partial charge in [0.2, 0.25) is 0 Å². The fraction of sp³-hybridized carbons (Fsp3) is 0.500. The van der Waals surface area contributed by atoms with E-state index in [-0.39, 0.29) is 36.0 Å². The highest BCUT2D eigenvalue weighted by Gasteiger charge is 2.19. The second-order valence-electron chi connectivity index (χ2n) is 4.48. The summed E-state index contributed by atoms with van der Waals surface area (Å²) in [5, 5.41) is 19.4. The Hall–Kier alpha value is -1.59. The maximum absolute atomic E-state index is 11.8. The average Bonchev–Trinajstić information content (AvgIpc) is 2.38. The second-order valence-corrected chi connectivity index (χ2v) is 4.48. The highest BCUT2D eigenvalue weighted by molar-refractivity contribution is 6.02. The molecule has 0 aromatic heterocycles. The highest BCUT2D eigenvalue weighted by Crippen LogP contribution is 2.32. The monoisotopic (exact) mass is 267 g/mol. The summed E-state index contributed by atoms with van der Waals surface area (Å²) in [5.74, 6) is -0.190. The quantitative estimate of drug-likeness (QED) is 0.646. The number of carbonyl (C=O) groups is 1. The third-order valence-corrected chi connectivity index (χ3v) is 2.69. The molecule has 1 atom stereocenters. The van der Waals surface area contributed by atoms with Gasteiger partial charge in [-0.25, -0.2) is 0 Å². The minimum Gasteiger partial charge on any atom is -0.507 e. The summed E-state index contributed by atoms with van der Waals surface area (Å²) >= 11 is 0. The van der Waals surface area contributed by atoms with Gasteiger partial charge in [0.05, 0.1) is 12.6 Å². The zero-order valence-corrected chi connectivity index (χ0v) is 11.3. The number of aromatic hydroxyl groups is 1. The first-order valence-electron chi connectivity index (χ1n) is 6.40. The van der Waals surface area contributed by atoms with Crippen molar-refractivity contribution in [3.63, 3.8) is 0 Å². The minimum absolute atomic E-state index is 0.0530. The van der Waals surface area contributed by atoms with Crippen LogP contribution in [0.5, 0.6) is 11.5 Å².